The van der Waals surface area contributed by atoms with Crippen LogP contribution in [0.4, 0.5) is 0 Å². The number of carbonyl (C=O) groups is 2. The van der Waals surface area contributed by atoms with E-state index in [0.717, 1.165) is 0 Å². The fourth-order valence-corrected chi connectivity index (χ4v) is 3.36. The van der Waals surface area contributed by atoms with E-state index in [1.54, 1.807) is 20.8 Å². The van der Waals surface area contributed by atoms with E-state index >= 15 is 0 Å². The Kier molecular flexibility index (Phi) is 7.77. The van der Waals surface area contributed by atoms with Gasteiger partial charge in [0.05, 0.1) is 11.0 Å². The molecule has 0 unspecified atom stereocenters. The number of sulfonamides is 1. The standard InChI is InChI=1S/C17H22ClN3O5S/c1-11(2)17(4,10-19)20-15(22)9-26-16(23)12(3)21-27(24,25)14-7-5-6-13(18)8-14/h5-8,11-12,21H,9H2,1-4H3,(H,20,22)/t12-,17+/m0/s1. The first kappa shape index (κ1) is 22.9. The number of benzene rings is 1. The average Bonchev–Trinajstić information content (AvgIpc) is 2.58. The molecule has 0 aliphatic heterocycles. The Morgan fingerprint density at radius 3 is 2.48 bits per heavy atom. The number of carbonyl (C=O) groups excluding carboxylic acids is 2. The first-order valence-corrected chi connectivity index (χ1v) is 9.94. The number of nitrogens with zero attached hydrogens (tertiary/aromatic N) is 1. The van der Waals surface area contributed by atoms with E-state index in [9.17, 15) is 18.0 Å². The minimum absolute atomic E-state index is 0.103. The molecule has 1 amide bonds. The maximum atomic E-state index is 12.2. The number of rotatable bonds is 8. The summed E-state index contributed by atoms with van der Waals surface area (Å²) in [5.41, 5.74) is -1.11. The summed E-state index contributed by atoms with van der Waals surface area (Å²) in [7, 11) is -3.99. The fourth-order valence-electron chi connectivity index (χ4n) is 1.87. The summed E-state index contributed by atoms with van der Waals surface area (Å²) >= 11 is 5.77. The Balaban J connectivity index is 2.65. The van der Waals surface area contributed by atoms with Gasteiger partial charge in [0.1, 0.15) is 11.6 Å². The number of amides is 1. The second kappa shape index (κ2) is 9.17. The number of nitrogens with one attached hydrogen (secondary N) is 2. The van der Waals surface area contributed by atoms with E-state index in [1.165, 1.54) is 31.2 Å². The number of nitriles is 1. The van der Waals surface area contributed by atoms with Crippen LogP contribution >= 0.6 is 11.6 Å². The van der Waals surface area contributed by atoms with Crippen molar-refractivity contribution in [2.45, 2.75) is 44.2 Å². The molecule has 0 radical (unpaired) electrons. The topological polar surface area (TPSA) is 125 Å². The van der Waals surface area contributed by atoms with Crippen molar-refractivity contribution in [3.63, 3.8) is 0 Å². The van der Waals surface area contributed by atoms with Crippen molar-refractivity contribution in [3.05, 3.63) is 29.3 Å². The molecular weight excluding hydrogens is 394 g/mol. The molecule has 0 bridgehead atoms. The molecule has 0 aliphatic carbocycles. The highest BCUT2D eigenvalue weighted by Crippen LogP contribution is 2.16. The molecule has 2 atom stereocenters. The van der Waals surface area contributed by atoms with E-state index < -0.39 is 40.1 Å². The maximum absolute atomic E-state index is 12.2. The summed E-state index contributed by atoms with van der Waals surface area (Å²) in [6.45, 7) is 5.74. The number of hydrogen-bond donors (Lipinski definition) is 2. The van der Waals surface area contributed by atoms with E-state index in [2.05, 4.69) is 10.0 Å². The highest BCUT2D eigenvalue weighted by Gasteiger charge is 2.30. The fraction of sp³-hybridized carbons (Fsp3) is 0.471. The Morgan fingerprint density at radius 2 is 1.96 bits per heavy atom. The van der Waals surface area contributed by atoms with E-state index in [-0.39, 0.29) is 15.8 Å². The number of halogens is 1. The zero-order valence-corrected chi connectivity index (χ0v) is 17.0. The van der Waals surface area contributed by atoms with Gasteiger partial charge in [-0.1, -0.05) is 31.5 Å². The van der Waals surface area contributed by atoms with Crippen molar-refractivity contribution in [2.75, 3.05) is 6.61 Å². The zero-order chi connectivity index (χ0) is 20.8. The normalized spacial score (nSPS) is 14.7. The number of ether oxygens (including phenoxy) is 1. The van der Waals surface area contributed by atoms with Crippen molar-refractivity contribution in [1.82, 2.24) is 10.0 Å². The third-order valence-corrected chi connectivity index (χ3v) is 5.70. The molecule has 2 N–H and O–H groups in total. The van der Waals surface area contributed by atoms with Crippen LogP contribution in [0.5, 0.6) is 0 Å². The van der Waals surface area contributed by atoms with Crippen molar-refractivity contribution < 1.29 is 22.7 Å². The Bertz CT molecular complexity index is 850. The Hall–Kier alpha value is -2.15. The van der Waals surface area contributed by atoms with Crippen LogP contribution in [0, 0.1) is 17.2 Å². The highest BCUT2D eigenvalue weighted by molar-refractivity contribution is 7.89. The van der Waals surface area contributed by atoms with Gasteiger partial charge in [0.25, 0.3) is 5.91 Å². The summed E-state index contributed by atoms with van der Waals surface area (Å²) in [4.78, 5) is 23.8. The lowest BCUT2D eigenvalue weighted by molar-refractivity contribution is -0.150. The SMILES string of the molecule is CC(C)[C@@](C)(C#N)NC(=O)COC(=O)[C@H](C)NS(=O)(=O)c1cccc(Cl)c1. The summed E-state index contributed by atoms with van der Waals surface area (Å²) < 4.78 is 31.5. The van der Waals surface area contributed by atoms with Gasteiger partial charge in [-0.2, -0.15) is 9.98 Å². The minimum Gasteiger partial charge on any atom is -0.454 e. The first-order valence-electron chi connectivity index (χ1n) is 8.08. The predicted octanol–water partition coefficient (Wildman–Crippen LogP) is 1.60. The van der Waals surface area contributed by atoms with Crippen LogP contribution in [-0.4, -0.2) is 38.5 Å². The molecule has 0 saturated heterocycles. The Morgan fingerprint density at radius 1 is 1.33 bits per heavy atom. The lowest BCUT2D eigenvalue weighted by Crippen LogP contribution is -2.50. The molecule has 8 nitrogen and oxygen atoms in total. The zero-order valence-electron chi connectivity index (χ0n) is 15.4. The van der Waals surface area contributed by atoms with Crippen molar-refractivity contribution in [2.24, 2.45) is 5.92 Å². The molecular formula is C17H22ClN3O5S. The van der Waals surface area contributed by atoms with Crippen molar-refractivity contribution >= 4 is 33.5 Å². The molecule has 0 aromatic heterocycles. The molecule has 148 valence electrons. The van der Waals surface area contributed by atoms with Gasteiger partial charge in [-0.05, 0) is 38.0 Å². The minimum atomic E-state index is -3.99. The van der Waals surface area contributed by atoms with Crippen LogP contribution in [0.1, 0.15) is 27.7 Å². The highest BCUT2D eigenvalue weighted by atomic mass is 35.5. The lowest BCUT2D eigenvalue weighted by atomic mass is 9.90. The number of esters is 1. The van der Waals surface area contributed by atoms with Crippen LogP contribution in [-0.2, 0) is 24.3 Å². The smallest absolute Gasteiger partial charge is 0.324 e. The average molecular weight is 416 g/mol. The first-order chi connectivity index (χ1) is 12.4. The summed E-state index contributed by atoms with van der Waals surface area (Å²) in [5, 5.41) is 11.9. The third-order valence-electron chi connectivity index (χ3n) is 3.92. The molecule has 0 aliphatic rings. The molecule has 1 aromatic carbocycles. The van der Waals surface area contributed by atoms with Crippen LogP contribution in [0.2, 0.25) is 5.02 Å². The van der Waals surface area contributed by atoms with E-state index in [4.69, 9.17) is 21.6 Å². The van der Waals surface area contributed by atoms with Crippen molar-refractivity contribution in [1.29, 1.82) is 5.26 Å². The second-order valence-electron chi connectivity index (χ2n) is 6.43. The monoisotopic (exact) mass is 415 g/mol. The van der Waals surface area contributed by atoms with E-state index in [0.29, 0.717) is 0 Å². The largest absolute Gasteiger partial charge is 0.454 e. The summed E-state index contributed by atoms with van der Waals surface area (Å²) in [6.07, 6.45) is 0. The Labute approximate surface area is 163 Å². The lowest BCUT2D eigenvalue weighted by Gasteiger charge is -2.27. The summed E-state index contributed by atoms with van der Waals surface area (Å²) in [5.74, 6) is -1.75. The van der Waals surface area contributed by atoms with Crippen molar-refractivity contribution in [3.8, 4) is 6.07 Å². The van der Waals surface area contributed by atoms with Gasteiger partial charge in [0, 0.05) is 5.02 Å². The molecule has 1 rings (SSSR count). The van der Waals surface area contributed by atoms with Crippen LogP contribution in [0.15, 0.2) is 29.2 Å². The second-order valence-corrected chi connectivity index (χ2v) is 8.58. The molecule has 27 heavy (non-hydrogen) atoms. The molecule has 1 aromatic rings. The van der Waals surface area contributed by atoms with Gasteiger partial charge >= 0.3 is 5.97 Å². The molecule has 10 heteroatoms. The summed E-state index contributed by atoms with van der Waals surface area (Å²) in [6, 6.07) is 6.32. The van der Waals surface area contributed by atoms with Gasteiger partial charge in [0.2, 0.25) is 10.0 Å². The molecule has 0 fully saturated rings. The molecule has 0 spiro atoms. The van der Waals surface area contributed by atoms with Crippen LogP contribution < -0.4 is 10.0 Å². The third kappa shape index (κ3) is 6.50. The predicted molar refractivity (Wildman–Crippen MR) is 99.2 cm³/mol. The maximum Gasteiger partial charge on any atom is 0.324 e. The van der Waals surface area contributed by atoms with Gasteiger partial charge < -0.3 is 10.1 Å². The van der Waals surface area contributed by atoms with E-state index in [1.807, 2.05) is 6.07 Å². The van der Waals surface area contributed by atoms with Crippen LogP contribution in [0.3, 0.4) is 0 Å². The van der Waals surface area contributed by atoms with Gasteiger partial charge in [-0.25, -0.2) is 8.42 Å². The van der Waals surface area contributed by atoms with Gasteiger partial charge in [-0.15, -0.1) is 0 Å². The quantitative estimate of drug-likeness (QED) is 0.621. The van der Waals surface area contributed by atoms with Crippen LogP contribution in [0.25, 0.3) is 0 Å². The van der Waals surface area contributed by atoms with Gasteiger partial charge in [0.15, 0.2) is 6.61 Å². The van der Waals surface area contributed by atoms with Gasteiger partial charge in [-0.3, -0.25) is 9.59 Å². The molecule has 0 heterocycles. The molecule has 0 saturated carbocycles. The number of hydrogen-bond acceptors (Lipinski definition) is 6.